The van der Waals surface area contributed by atoms with E-state index in [2.05, 4.69) is 6.07 Å². The van der Waals surface area contributed by atoms with Crippen LogP contribution in [0.25, 0.3) is 0 Å². The molecular weight excluding hydrogens is 224 g/mol. The molecule has 0 radical (unpaired) electrons. The molecule has 18 heavy (non-hydrogen) atoms. The normalized spacial score (nSPS) is 19.3. The fraction of sp³-hybridized carbons (Fsp3) is 0.625. The van der Waals surface area contributed by atoms with Crippen LogP contribution >= 0.6 is 0 Å². The second-order valence-corrected chi connectivity index (χ2v) is 5.45. The number of ether oxygens (including phenoxy) is 1. The van der Waals surface area contributed by atoms with Gasteiger partial charge in [0.15, 0.2) is 0 Å². The van der Waals surface area contributed by atoms with E-state index >= 15 is 0 Å². The van der Waals surface area contributed by atoms with Gasteiger partial charge in [0.2, 0.25) is 0 Å². The Bertz CT molecular complexity index is 377. The zero-order chi connectivity index (χ0) is 13.0. The van der Waals surface area contributed by atoms with E-state index in [9.17, 15) is 5.11 Å². The van der Waals surface area contributed by atoms with Gasteiger partial charge in [-0.25, -0.2) is 0 Å². The maximum Gasteiger partial charge on any atom is 0.125 e. The van der Waals surface area contributed by atoms with E-state index in [0.29, 0.717) is 6.10 Å². The Labute approximate surface area is 110 Å². The second-order valence-electron chi connectivity index (χ2n) is 5.45. The highest BCUT2D eigenvalue weighted by molar-refractivity contribution is 5.38. The van der Waals surface area contributed by atoms with Crippen molar-refractivity contribution in [1.29, 1.82) is 0 Å². The molecule has 0 amide bonds. The van der Waals surface area contributed by atoms with Crippen molar-refractivity contribution in [2.45, 2.75) is 64.6 Å². The molecule has 0 bridgehead atoms. The first kappa shape index (κ1) is 13.4. The maximum atomic E-state index is 9.83. The van der Waals surface area contributed by atoms with Crippen molar-refractivity contribution < 1.29 is 9.84 Å². The summed E-state index contributed by atoms with van der Waals surface area (Å²) in [7, 11) is 0. The van der Waals surface area contributed by atoms with Crippen LogP contribution in [0.2, 0.25) is 0 Å². The molecule has 1 saturated carbocycles. The number of hydrogen-bond acceptors (Lipinski definition) is 2. The molecule has 1 N–H and O–H groups in total. The molecule has 1 aromatic rings. The van der Waals surface area contributed by atoms with Gasteiger partial charge in [-0.1, -0.05) is 24.5 Å². The Hall–Kier alpha value is -1.02. The van der Waals surface area contributed by atoms with Crippen LogP contribution in [-0.4, -0.2) is 11.2 Å². The van der Waals surface area contributed by atoms with Gasteiger partial charge in [0, 0.05) is 5.56 Å². The van der Waals surface area contributed by atoms with E-state index in [-0.39, 0.29) is 0 Å². The third kappa shape index (κ3) is 3.49. The quantitative estimate of drug-likeness (QED) is 0.814. The van der Waals surface area contributed by atoms with Gasteiger partial charge >= 0.3 is 0 Å². The summed E-state index contributed by atoms with van der Waals surface area (Å²) < 4.78 is 6.12. The predicted octanol–water partition coefficient (Wildman–Crippen LogP) is 4.15. The molecule has 1 aliphatic rings. The largest absolute Gasteiger partial charge is 0.490 e. The van der Waals surface area contributed by atoms with E-state index in [0.717, 1.165) is 24.2 Å². The van der Waals surface area contributed by atoms with E-state index in [1.54, 1.807) is 6.92 Å². The Kier molecular flexibility index (Phi) is 4.65. The lowest BCUT2D eigenvalue weighted by Crippen LogP contribution is -2.16. The molecule has 1 aliphatic carbocycles. The van der Waals surface area contributed by atoms with Gasteiger partial charge in [-0.15, -0.1) is 0 Å². The third-order valence-corrected chi connectivity index (χ3v) is 3.71. The Balaban J connectivity index is 2.12. The minimum absolute atomic E-state index is 0.327. The number of aliphatic hydroxyl groups excluding tert-OH is 1. The van der Waals surface area contributed by atoms with Crippen LogP contribution in [0.15, 0.2) is 18.2 Å². The van der Waals surface area contributed by atoms with Crippen LogP contribution < -0.4 is 4.74 Å². The van der Waals surface area contributed by atoms with Crippen LogP contribution in [0.1, 0.15) is 62.7 Å². The third-order valence-electron chi connectivity index (χ3n) is 3.71. The first-order chi connectivity index (χ1) is 8.66. The Morgan fingerprint density at radius 1 is 1.17 bits per heavy atom. The number of benzene rings is 1. The van der Waals surface area contributed by atoms with Gasteiger partial charge in [0.25, 0.3) is 0 Å². The molecule has 2 heteroatoms. The smallest absolute Gasteiger partial charge is 0.125 e. The lowest BCUT2D eigenvalue weighted by atomic mass is 10.1. The van der Waals surface area contributed by atoms with Gasteiger partial charge in [0.1, 0.15) is 5.75 Å². The molecule has 2 nitrogen and oxygen atoms in total. The fourth-order valence-corrected chi connectivity index (χ4v) is 2.64. The van der Waals surface area contributed by atoms with Crippen molar-refractivity contribution in [3.8, 4) is 5.75 Å². The molecule has 0 heterocycles. The molecule has 0 aliphatic heterocycles. The molecule has 1 fully saturated rings. The SMILES string of the molecule is Cc1ccc(OC2CCCCCC2)c([C@H](C)O)c1. The molecule has 0 spiro atoms. The highest BCUT2D eigenvalue weighted by Crippen LogP contribution is 2.29. The van der Waals surface area contributed by atoms with E-state index in [4.69, 9.17) is 4.74 Å². The standard InChI is InChI=1S/C16H24O2/c1-12-9-10-16(15(11-12)13(2)17)18-14-7-5-3-4-6-8-14/h9-11,13-14,17H,3-8H2,1-2H3/t13-/m0/s1. The van der Waals surface area contributed by atoms with Gasteiger partial charge in [-0.05, 0) is 51.7 Å². The molecule has 2 rings (SSSR count). The lowest BCUT2D eigenvalue weighted by molar-refractivity contribution is 0.161. The van der Waals surface area contributed by atoms with Crippen LogP contribution in [0.3, 0.4) is 0 Å². The van der Waals surface area contributed by atoms with Crippen molar-refractivity contribution in [3.63, 3.8) is 0 Å². The number of rotatable bonds is 3. The summed E-state index contributed by atoms with van der Waals surface area (Å²) in [6.07, 6.45) is 7.34. The summed E-state index contributed by atoms with van der Waals surface area (Å²) in [5, 5.41) is 9.83. The van der Waals surface area contributed by atoms with E-state index in [1.807, 2.05) is 19.1 Å². The minimum atomic E-state index is -0.467. The van der Waals surface area contributed by atoms with Crippen LogP contribution in [0.5, 0.6) is 5.75 Å². The van der Waals surface area contributed by atoms with Gasteiger partial charge < -0.3 is 9.84 Å². The summed E-state index contributed by atoms with van der Waals surface area (Å²) in [4.78, 5) is 0. The van der Waals surface area contributed by atoms with Crippen molar-refractivity contribution in [2.24, 2.45) is 0 Å². The predicted molar refractivity (Wildman–Crippen MR) is 73.9 cm³/mol. The Morgan fingerprint density at radius 3 is 2.44 bits per heavy atom. The zero-order valence-electron chi connectivity index (χ0n) is 11.5. The van der Waals surface area contributed by atoms with Crippen LogP contribution in [0.4, 0.5) is 0 Å². The van der Waals surface area contributed by atoms with E-state index in [1.165, 1.54) is 31.2 Å². The molecule has 100 valence electrons. The van der Waals surface area contributed by atoms with E-state index < -0.39 is 6.10 Å². The summed E-state index contributed by atoms with van der Waals surface area (Å²) in [5.41, 5.74) is 2.08. The highest BCUT2D eigenvalue weighted by atomic mass is 16.5. The minimum Gasteiger partial charge on any atom is -0.490 e. The maximum absolute atomic E-state index is 9.83. The van der Waals surface area contributed by atoms with Gasteiger partial charge in [-0.2, -0.15) is 0 Å². The van der Waals surface area contributed by atoms with Crippen molar-refractivity contribution >= 4 is 0 Å². The number of aliphatic hydroxyl groups is 1. The fourth-order valence-electron chi connectivity index (χ4n) is 2.64. The lowest BCUT2D eigenvalue weighted by Gasteiger charge is -2.20. The summed E-state index contributed by atoms with van der Waals surface area (Å²) >= 11 is 0. The number of aryl methyl sites for hydroxylation is 1. The zero-order valence-corrected chi connectivity index (χ0v) is 11.5. The first-order valence-electron chi connectivity index (χ1n) is 7.12. The molecule has 1 atom stereocenters. The second kappa shape index (κ2) is 6.24. The molecule has 0 aromatic heterocycles. The van der Waals surface area contributed by atoms with Gasteiger partial charge in [-0.3, -0.25) is 0 Å². The summed E-state index contributed by atoms with van der Waals surface area (Å²) in [6, 6.07) is 6.08. The molecule has 0 unspecified atom stereocenters. The monoisotopic (exact) mass is 248 g/mol. The average Bonchev–Trinajstić information content (AvgIpc) is 2.60. The first-order valence-corrected chi connectivity index (χ1v) is 7.12. The molecule has 1 aromatic carbocycles. The van der Waals surface area contributed by atoms with Crippen LogP contribution in [-0.2, 0) is 0 Å². The van der Waals surface area contributed by atoms with Crippen molar-refractivity contribution in [3.05, 3.63) is 29.3 Å². The van der Waals surface area contributed by atoms with Gasteiger partial charge in [0.05, 0.1) is 12.2 Å². The molecular formula is C16H24O2. The summed E-state index contributed by atoms with van der Waals surface area (Å²) in [6.45, 7) is 3.84. The molecule has 0 saturated heterocycles. The van der Waals surface area contributed by atoms with Crippen molar-refractivity contribution in [1.82, 2.24) is 0 Å². The topological polar surface area (TPSA) is 29.5 Å². The van der Waals surface area contributed by atoms with Crippen molar-refractivity contribution in [2.75, 3.05) is 0 Å². The highest BCUT2D eigenvalue weighted by Gasteiger charge is 2.17. The number of hydrogen-bond donors (Lipinski definition) is 1. The van der Waals surface area contributed by atoms with Crippen LogP contribution in [0, 0.1) is 6.92 Å². The summed E-state index contributed by atoms with van der Waals surface area (Å²) in [5.74, 6) is 0.863. The average molecular weight is 248 g/mol. The Morgan fingerprint density at radius 2 is 1.83 bits per heavy atom.